The van der Waals surface area contributed by atoms with Crippen LogP contribution < -0.4 is 5.32 Å². The Morgan fingerprint density at radius 1 is 1.03 bits per heavy atom. The lowest BCUT2D eigenvalue weighted by atomic mass is 10.1. The van der Waals surface area contributed by atoms with Crippen LogP contribution in [0.4, 0.5) is 5.69 Å². The fraction of sp³-hybridized carbons (Fsp3) is 0.0400. The third-order valence-corrected chi connectivity index (χ3v) is 5.47. The Hall–Kier alpha value is -5.12. The molecule has 0 saturated carbocycles. The molecule has 6 heterocycles. The van der Waals surface area contributed by atoms with E-state index in [9.17, 15) is 4.79 Å². The minimum absolute atomic E-state index is 0.294. The number of aromatic nitrogens is 7. The second-order valence-electron chi connectivity index (χ2n) is 7.74. The van der Waals surface area contributed by atoms with Crippen LogP contribution in [-0.4, -0.2) is 40.2 Å². The van der Waals surface area contributed by atoms with Crippen molar-refractivity contribution in [1.82, 2.24) is 34.3 Å². The van der Waals surface area contributed by atoms with Gasteiger partial charge >= 0.3 is 0 Å². The lowest BCUT2D eigenvalue weighted by molar-refractivity contribution is 0.102. The summed E-state index contributed by atoms with van der Waals surface area (Å²) in [6.45, 7) is 0.390. The minimum Gasteiger partial charge on any atom is -0.467 e. The van der Waals surface area contributed by atoms with Crippen molar-refractivity contribution in [3.05, 3.63) is 104 Å². The molecule has 1 amide bonds. The van der Waals surface area contributed by atoms with Crippen molar-refractivity contribution in [1.29, 1.82) is 0 Å². The van der Waals surface area contributed by atoms with Gasteiger partial charge in [0, 0.05) is 30.4 Å². The van der Waals surface area contributed by atoms with E-state index in [1.54, 1.807) is 71.2 Å². The summed E-state index contributed by atoms with van der Waals surface area (Å²) in [5.74, 6) is 1.14. The molecule has 0 aliphatic rings. The van der Waals surface area contributed by atoms with Gasteiger partial charge in [0.05, 0.1) is 41.0 Å². The largest absolute Gasteiger partial charge is 0.467 e. The number of furan rings is 1. The number of imidazole rings is 1. The molecular weight excluding hydrogens is 444 g/mol. The van der Waals surface area contributed by atoms with E-state index in [0.29, 0.717) is 40.3 Å². The summed E-state index contributed by atoms with van der Waals surface area (Å²) < 4.78 is 8.97. The normalized spacial score (nSPS) is 11.1. The Bertz CT molecular complexity index is 1590. The molecule has 0 fully saturated rings. The Balaban J connectivity index is 1.37. The van der Waals surface area contributed by atoms with Crippen LogP contribution >= 0.6 is 0 Å². The smallest absolute Gasteiger partial charge is 0.256 e. The van der Waals surface area contributed by atoms with Crippen LogP contribution in [0.25, 0.3) is 28.1 Å². The third-order valence-electron chi connectivity index (χ3n) is 5.47. The number of hydrogen-bond acceptors (Lipinski definition) is 7. The summed E-state index contributed by atoms with van der Waals surface area (Å²) in [4.78, 5) is 30.8. The van der Waals surface area contributed by atoms with Gasteiger partial charge in [-0.25, -0.2) is 19.6 Å². The molecule has 6 rings (SSSR count). The molecule has 6 aromatic heterocycles. The molecule has 0 radical (unpaired) electrons. The fourth-order valence-corrected chi connectivity index (χ4v) is 3.77. The predicted octanol–water partition coefficient (Wildman–Crippen LogP) is 3.97. The number of carbonyl (C=O) groups is 1. The number of hydrogen-bond donors (Lipinski definition) is 1. The number of nitrogens with zero attached hydrogens (tertiary/aromatic N) is 7. The summed E-state index contributed by atoms with van der Waals surface area (Å²) in [6.07, 6.45) is 13.4. The molecule has 0 aromatic carbocycles. The van der Waals surface area contributed by atoms with Crippen molar-refractivity contribution in [2.24, 2.45) is 0 Å². The van der Waals surface area contributed by atoms with Gasteiger partial charge in [0.15, 0.2) is 5.65 Å². The highest BCUT2D eigenvalue weighted by atomic mass is 16.3. The van der Waals surface area contributed by atoms with E-state index in [1.807, 2.05) is 30.3 Å². The van der Waals surface area contributed by atoms with Crippen molar-refractivity contribution in [3.8, 4) is 17.1 Å². The average Bonchev–Trinajstić information content (AvgIpc) is 3.68. The molecule has 10 heteroatoms. The zero-order chi connectivity index (χ0) is 23.6. The summed E-state index contributed by atoms with van der Waals surface area (Å²) in [7, 11) is 0. The zero-order valence-corrected chi connectivity index (χ0v) is 18.3. The van der Waals surface area contributed by atoms with Gasteiger partial charge in [0.25, 0.3) is 5.91 Å². The van der Waals surface area contributed by atoms with Crippen molar-refractivity contribution in [3.63, 3.8) is 0 Å². The van der Waals surface area contributed by atoms with Crippen molar-refractivity contribution < 1.29 is 9.21 Å². The van der Waals surface area contributed by atoms with Gasteiger partial charge < -0.3 is 9.73 Å². The van der Waals surface area contributed by atoms with E-state index >= 15 is 0 Å². The number of amides is 1. The summed E-state index contributed by atoms with van der Waals surface area (Å²) in [5.41, 5.74) is 2.99. The molecule has 0 saturated heterocycles. The highest BCUT2D eigenvalue weighted by Gasteiger charge is 2.18. The van der Waals surface area contributed by atoms with Crippen LogP contribution in [0, 0.1) is 0 Å². The van der Waals surface area contributed by atoms with Gasteiger partial charge in [-0.1, -0.05) is 0 Å². The van der Waals surface area contributed by atoms with Gasteiger partial charge in [-0.3, -0.25) is 14.3 Å². The lowest BCUT2D eigenvalue weighted by Gasteiger charge is -2.10. The number of rotatable bonds is 6. The molecule has 1 N–H and O–H groups in total. The van der Waals surface area contributed by atoms with Crippen LogP contribution in [-0.2, 0) is 6.54 Å². The van der Waals surface area contributed by atoms with Crippen molar-refractivity contribution in [2.75, 3.05) is 5.32 Å². The van der Waals surface area contributed by atoms with Gasteiger partial charge in [0.1, 0.15) is 24.5 Å². The fourth-order valence-electron chi connectivity index (χ4n) is 3.77. The highest BCUT2D eigenvalue weighted by Crippen LogP contribution is 2.26. The number of pyridine rings is 3. The SMILES string of the molecule is O=C(Nc1ccc(-n2ccnc2)nc1)c1cc(-c2cccnc2)nc2c1cnn2Cc1ccco1. The summed E-state index contributed by atoms with van der Waals surface area (Å²) in [6, 6.07) is 12.8. The van der Waals surface area contributed by atoms with Gasteiger partial charge in [-0.15, -0.1) is 0 Å². The zero-order valence-electron chi connectivity index (χ0n) is 18.3. The molecule has 0 aliphatic carbocycles. The molecule has 35 heavy (non-hydrogen) atoms. The number of fused-ring (bicyclic) bond motifs is 1. The van der Waals surface area contributed by atoms with Crippen LogP contribution in [0.2, 0.25) is 0 Å². The van der Waals surface area contributed by atoms with E-state index in [-0.39, 0.29) is 5.91 Å². The van der Waals surface area contributed by atoms with Gasteiger partial charge in [0.2, 0.25) is 0 Å². The van der Waals surface area contributed by atoms with E-state index in [4.69, 9.17) is 9.40 Å². The Kier molecular flexibility index (Phi) is 5.08. The average molecular weight is 462 g/mol. The first-order chi connectivity index (χ1) is 17.2. The minimum atomic E-state index is -0.294. The number of anilines is 1. The molecule has 0 aliphatic heterocycles. The predicted molar refractivity (Wildman–Crippen MR) is 128 cm³/mol. The molecule has 0 unspecified atom stereocenters. The third kappa shape index (κ3) is 4.04. The van der Waals surface area contributed by atoms with Crippen LogP contribution in [0.1, 0.15) is 16.1 Å². The molecular formula is C25H18N8O2. The monoisotopic (exact) mass is 462 g/mol. The molecule has 0 bridgehead atoms. The number of nitrogens with one attached hydrogen (secondary N) is 1. The quantitative estimate of drug-likeness (QED) is 0.398. The Labute approximate surface area is 198 Å². The maximum atomic E-state index is 13.4. The van der Waals surface area contributed by atoms with E-state index in [0.717, 1.165) is 11.3 Å². The second-order valence-corrected chi connectivity index (χ2v) is 7.74. The van der Waals surface area contributed by atoms with Gasteiger partial charge in [-0.05, 0) is 42.5 Å². The van der Waals surface area contributed by atoms with Crippen molar-refractivity contribution >= 4 is 22.6 Å². The molecule has 10 nitrogen and oxygen atoms in total. The Morgan fingerprint density at radius 3 is 2.74 bits per heavy atom. The van der Waals surface area contributed by atoms with Crippen LogP contribution in [0.3, 0.4) is 0 Å². The van der Waals surface area contributed by atoms with Crippen LogP contribution in [0.15, 0.2) is 96.7 Å². The Morgan fingerprint density at radius 2 is 2.00 bits per heavy atom. The maximum absolute atomic E-state index is 13.4. The standard InChI is InChI=1S/C25H18N8O2/c34-25(30-18-5-6-23(28-13-18)32-9-8-27-16-32)20-11-22(17-3-1-7-26-12-17)31-24-21(20)14-29-33(24)15-19-4-2-10-35-19/h1-14,16H,15H2,(H,30,34). The first kappa shape index (κ1) is 20.5. The number of carbonyl (C=O) groups excluding carboxylic acids is 1. The van der Waals surface area contributed by atoms with Gasteiger partial charge in [-0.2, -0.15) is 5.10 Å². The molecule has 0 spiro atoms. The van der Waals surface area contributed by atoms with E-state index < -0.39 is 0 Å². The summed E-state index contributed by atoms with van der Waals surface area (Å²) >= 11 is 0. The maximum Gasteiger partial charge on any atom is 0.256 e. The lowest BCUT2D eigenvalue weighted by Crippen LogP contribution is -2.13. The first-order valence-corrected chi connectivity index (χ1v) is 10.8. The first-order valence-electron chi connectivity index (χ1n) is 10.8. The summed E-state index contributed by atoms with van der Waals surface area (Å²) in [5, 5.41) is 8.03. The molecule has 0 atom stereocenters. The molecule has 170 valence electrons. The van der Waals surface area contributed by atoms with Crippen molar-refractivity contribution in [2.45, 2.75) is 6.54 Å². The van der Waals surface area contributed by atoms with Crippen LogP contribution in [0.5, 0.6) is 0 Å². The van der Waals surface area contributed by atoms with E-state index in [1.165, 1.54) is 0 Å². The topological polar surface area (TPSA) is 117 Å². The second kappa shape index (κ2) is 8.67. The highest BCUT2D eigenvalue weighted by molar-refractivity contribution is 6.12. The molecule has 6 aromatic rings. The van der Waals surface area contributed by atoms with E-state index in [2.05, 4.69) is 25.4 Å².